The number of ether oxygens (including phenoxy) is 3. The van der Waals surface area contributed by atoms with Gasteiger partial charge in [0, 0.05) is 13.5 Å². The summed E-state index contributed by atoms with van der Waals surface area (Å²) in [6.45, 7) is 0.667. The van der Waals surface area contributed by atoms with Gasteiger partial charge in [-0.3, -0.25) is 0 Å². The molecule has 0 aromatic heterocycles. The van der Waals surface area contributed by atoms with Crippen molar-refractivity contribution in [1.82, 2.24) is 0 Å². The Morgan fingerprint density at radius 3 is 2.67 bits per heavy atom. The monoisotopic (exact) mass is 306 g/mol. The predicted octanol–water partition coefficient (Wildman–Crippen LogP) is 2.25. The molecule has 1 aromatic rings. The lowest BCUT2D eigenvalue weighted by atomic mass is 9.88. The zero-order valence-electron chi connectivity index (χ0n) is 11.5. The van der Waals surface area contributed by atoms with Crippen molar-refractivity contribution >= 4 is 0 Å². The number of halogens is 3. The predicted molar refractivity (Wildman–Crippen MR) is 68.1 cm³/mol. The number of methoxy groups -OCH3 is 1. The van der Waals surface area contributed by atoms with Crippen LogP contribution in [0.1, 0.15) is 12.0 Å². The summed E-state index contributed by atoms with van der Waals surface area (Å²) in [6, 6.07) is 4.66. The van der Waals surface area contributed by atoms with E-state index in [-0.39, 0.29) is 5.75 Å². The molecule has 0 radical (unpaired) electrons. The van der Waals surface area contributed by atoms with Crippen LogP contribution in [0.2, 0.25) is 0 Å². The van der Waals surface area contributed by atoms with Gasteiger partial charge in [0.2, 0.25) is 0 Å². The van der Waals surface area contributed by atoms with Crippen molar-refractivity contribution in [2.24, 2.45) is 0 Å². The van der Waals surface area contributed by atoms with Gasteiger partial charge < -0.3 is 19.3 Å². The first kappa shape index (κ1) is 16.1. The van der Waals surface area contributed by atoms with Gasteiger partial charge in [-0.2, -0.15) is 13.2 Å². The van der Waals surface area contributed by atoms with Gasteiger partial charge in [0.25, 0.3) is 0 Å². The highest BCUT2D eigenvalue weighted by molar-refractivity contribution is 5.30. The molecule has 0 spiro atoms. The average molecular weight is 306 g/mol. The standard InChI is InChI=1S/C14H17F3O4/c1-19-5-6-20-13-11(18)8-12(13)21-10-4-2-3-9(7-10)14(15,16)17/h2-4,7,11-13,18H,5-6,8H2,1H3. The van der Waals surface area contributed by atoms with E-state index in [0.717, 1.165) is 12.1 Å². The first-order valence-electron chi connectivity index (χ1n) is 6.54. The molecule has 1 aliphatic rings. The van der Waals surface area contributed by atoms with Crippen molar-refractivity contribution < 1.29 is 32.5 Å². The van der Waals surface area contributed by atoms with Crippen molar-refractivity contribution in [3.63, 3.8) is 0 Å². The van der Waals surface area contributed by atoms with Crippen LogP contribution in [-0.2, 0) is 15.7 Å². The Morgan fingerprint density at radius 1 is 1.29 bits per heavy atom. The van der Waals surface area contributed by atoms with E-state index in [9.17, 15) is 18.3 Å². The van der Waals surface area contributed by atoms with Gasteiger partial charge in [-0.1, -0.05) is 6.07 Å². The van der Waals surface area contributed by atoms with Gasteiger partial charge >= 0.3 is 6.18 Å². The second kappa shape index (κ2) is 6.64. The summed E-state index contributed by atoms with van der Waals surface area (Å²) in [5.74, 6) is 0.113. The van der Waals surface area contributed by atoms with E-state index in [4.69, 9.17) is 14.2 Å². The molecule has 0 amide bonds. The molecular formula is C14H17F3O4. The summed E-state index contributed by atoms with van der Waals surface area (Å²) in [4.78, 5) is 0. The van der Waals surface area contributed by atoms with E-state index in [2.05, 4.69) is 0 Å². The fourth-order valence-electron chi connectivity index (χ4n) is 2.08. The summed E-state index contributed by atoms with van der Waals surface area (Å²) in [5, 5.41) is 9.61. The van der Waals surface area contributed by atoms with Gasteiger partial charge in [-0.25, -0.2) is 0 Å². The number of hydrogen-bond acceptors (Lipinski definition) is 4. The van der Waals surface area contributed by atoms with E-state index < -0.39 is 30.1 Å². The van der Waals surface area contributed by atoms with Crippen LogP contribution in [0.5, 0.6) is 5.75 Å². The fourth-order valence-corrected chi connectivity index (χ4v) is 2.08. The van der Waals surface area contributed by atoms with Crippen LogP contribution < -0.4 is 4.74 Å². The highest BCUT2D eigenvalue weighted by atomic mass is 19.4. The number of hydrogen-bond donors (Lipinski definition) is 1. The zero-order chi connectivity index (χ0) is 15.5. The zero-order valence-corrected chi connectivity index (χ0v) is 11.5. The lowest BCUT2D eigenvalue weighted by Crippen LogP contribution is -2.55. The minimum Gasteiger partial charge on any atom is -0.487 e. The molecule has 3 unspecified atom stereocenters. The topological polar surface area (TPSA) is 47.9 Å². The number of benzene rings is 1. The maximum atomic E-state index is 12.6. The SMILES string of the molecule is COCCOC1C(O)CC1Oc1cccc(C(F)(F)F)c1. The molecule has 0 bridgehead atoms. The second-order valence-corrected chi connectivity index (χ2v) is 4.81. The Morgan fingerprint density at radius 2 is 2.05 bits per heavy atom. The molecule has 2 rings (SSSR count). The Bertz CT molecular complexity index is 464. The van der Waals surface area contributed by atoms with Gasteiger partial charge in [-0.05, 0) is 18.2 Å². The molecule has 0 saturated heterocycles. The molecule has 1 aromatic carbocycles. The normalized spacial score (nSPS) is 25.5. The molecule has 3 atom stereocenters. The summed E-state index contributed by atoms with van der Waals surface area (Å²) >= 11 is 0. The average Bonchev–Trinajstić information content (AvgIpc) is 2.42. The highest BCUT2D eigenvalue weighted by Gasteiger charge is 2.43. The lowest BCUT2D eigenvalue weighted by Gasteiger charge is -2.40. The van der Waals surface area contributed by atoms with E-state index in [0.29, 0.717) is 19.6 Å². The molecule has 118 valence electrons. The summed E-state index contributed by atoms with van der Waals surface area (Å²) in [5.41, 5.74) is -0.767. The molecule has 1 saturated carbocycles. The van der Waals surface area contributed by atoms with E-state index in [1.54, 1.807) is 0 Å². The van der Waals surface area contributed by atoms with Gasteiger partial charge in [0.05, 0.1) is 24.9 Å². The van der Waals surface area contributed by atoms with E-state index in [1.165, 1.54) is 19.2 Å². The number of aliphatic hydroxyl groups is 1. The third-order valence-electron chi connectivity index (χ3n) is 3.27. The summed E-state index contributed by atoms with van der Waals surface area (Å²) in [6.07, 6.45) is -5.76. The summed E-state index contributed by atoms with van der Waals surface area (Å²) in [7, 11) is 1.52. The molecule has 1 aliphatic carbocycles. The van der Waals surface area contributed by atoms with Crippen LogP contribution in [0.15, 0.2) is 24.3 Å². The van der Waals surface area contributed by atoms with Crippen molar-refractivity contribution in [3.8, 4) is 5.75 Å². The lowest BCUT2D eigenvalue weighted by molar-refractivity contribution is -0.167. The fraction of sp³-hybridized carbons (Fsp3) is 0.571. The van der Waals surface area contributed by atoms with Gasteiger partial charge in [0.15, 0.2) is 0 Å². The minimum absolute atomic E-state index is 0.113. The molecule has 4 nitrogen and oxygen atoms in total. The first-order chi connectivity index (χ1) is 9.91. The van der Waals surface area contributed by atoms with Crippen LogP contribution in [0.3, 0.4) is 0 Å². The maximum absolute atomic E-state index is 12.6. The smallest absolute Gasteiger partial charge is 0.416 e. The number of rotatable bonds is 6. The van der Waals surface area contributed by atoms with Crippen molar-refractivity contribution in [2.75, 3.05) is 20.3 Å². The highest BCUT2D eigenvalue weighted by Crippen LogP contribution is 2.33. The van der Waals surface area contributed by atoms with Crippen LogP contribution >= 0.6 is 0 Å². The van der Waals surface area contributed by atoms with Crippen molar-refractivity contribution in [2.45, 2.75) is 30.9 Å². The third-order valence-corrected chi connectivity index (χ3v) is 3.27. The largest absolute Gasteiger partial charge is 0.487 e. The Hall–Kier alpha value is -1.31. The maximum Gasteiger partial charge on any atom is 0.416 e. The molecule has 21 heavy (non-hydrogen) atoms. The van der Waals surface area contributed by atoms with E-state index in [1.807, 2.05) is 0 Å². The Balaban J connectivity index is 1.95. The van der Waals surface area contributed by atoms with Crippen LogP contribution in [0, 0.1) is 0 Å². The second-order valence-electron chi connectivity index (χ2n) is 4.81. The quantitative estimate of drug-likeness (QED) is 0.819. The van der Waals surface area contributed by atoms with Gasteiger partial charge in [0.1, 0.15) is 18.0 Å². The number of aliphatic hydroxyl groups excluding tert-OH is 1. The minimum atomic E-state index is -4.41. The first-order valence-corrected chi connectivity index (χ1v) is 6.54. The Labute approximate surface area is 120 Å². The van der Waals surface area contributed by atoms with Crippen LogP contribution in [0.4, 0.5) is 13.2 Å². The van der Waals surface area contributed by atoms with Crippen LogP contribution in [-0.4, -0.2) is 43.7 Å². The summed E-state index contributed by atoms with van der Waals surface area (Å²) < 4.78 is 53.5. The molecule has 1 N–H and O–H groups in total. The molecular weight excluding hydrogens is 289 g/mol. The van der Waals surface area contributed by atoms with Crippen molar-refractivity contribution in [3.05, 3.63) is 29.8 Å². The molecule has 0 aliphatic heterocycles. The number of alkyl halides is 3. The Kier molecular flexibility index (Phi) is 5.08. The third kappa shape index (κ3) is 4.09. The molecule has 0 heterocycles. The molecule has 1 fully saturated rings. The van der Waals surface area contributed by atoms with Crippen molar-refractivity contribution in [1.29, 1.82) is 0 Å². The van der Waals surface area contributed by atoms with E-state index >= 15 is 0 Å². The van der Waals surface area contributed by atoms with Crippen LogP contribution in [0.25, 0.3) is 0 Å². The van der Waals surface area contributed by atoms with Gasteiger partial charge in [-0.15, -0.1) is 0 Å². The molecule has 7 heteroatoms.